The van der Waals surface area contributed by atoms with Crippen LogP contribution < -0.4 is 4.74 Å². The first-order chi connectivity index (χ1) is 16.9. The molecule has 5 rings (SSSR count). The van der Waals surface area contributed by atoms with Crippen molar-refractivity contribution in [2.24, 2.45) is 5.92 Å². The van der Waals surface area contributed by atoms with E-state index in [0.29, 0.717) is 37.2 Å². The molecule has 0 bridgehead atoms. The molecule has 1 spiro atoms. The van der Waals surface area contributed by atoms with Gasteiger partial charge in [0.2, 0.25) is 11.7 Å². The van der Waals surface area contributed by atoms with Gasteiger partial charge in [0, 0.05) is 50.6 Å². The Kier molecular flexibility index (Phi) is 6.75. The molecule has 0 saturated carbocycles. The van der Waals surface area contributed by atoms with Crippen molar-refractivity contribution in [3.05, 3.63) is 60.2 Å². The second-order valence-electron chi connectivity index (χ2n) is 9.32. The van der Waals surface area contributed by atoms with E-state index >= 15 is 0 Å². The normalized spacial score (nSPS) is 20.7. The molecule has 0 N–H and O–H groups in total. The van der Waals surface area contributed by atoms with E-state index < -0.39 is 6.36 Å². The molecular formula is C25H27F3N4O3. The van der Waals surface area contributed by atoms with Crippen LogP contribution in [0.1, 0.15) is 37.1 Å². The summed E-state index contributed by atoms with van der Waals surface area (Å²) < 4.78 is 53.4. The summed E-state index contributed by atoms with van der Waals surface area (Å²) in [4.78, 5) is 10.9. The highest BCUT2D eigenvalue weighted by Gasteiger charge is 2.40. The molecule has 10 heteroatoms. The summed E-state index contributed by atoms with van der Waals surface area (Å²) in [6.07, 6.45) is 3.09. The van der Waals surface area contributed by atoms with Crippen LogP contribution in [0.25, 0.3) is 11.4 Å². The van der Waals surface area contributed by atoms with E-state index in [0.717, 1.165) is 49.9 Å². The maximum Gasteiger partial charge on any atom is 0.573 e. The minimum absolute atomic E-state index is 0.174. The van der Waals surface area contributed by atoms with E-state index in [-0.39, 0.29) is 11.4 Å². The lowest BCUT2D eigenvalue weighted by Gasteiger charge is -2.46. The molecule has 0 amide bonds. The van der Waals surface area contributed by atoms with Crippen molar-refractivity contribution in [3.8, 4) is 17.1 Å². The highest BCUT2D eigenvalue weighted by molar-refractivity contribution is 5.51. The Morgan fingerprint density at radius 1 is 1.14 bits per heavy atom. The summed E-state index contributed by atoms with van der Waals surface area (Å²) in [6, 6.07) is 9.93. The number of rotatable bonds is 6. The van der Waals surface area contributed by atoms with E-state index in [4.69, 9.17) is 9.26 Å². The fourth-order valence-corrected chi connectivity index (χ4v) is 5.07. The van der Waals surface area contributed by atoms with Crippen molar-refractivity contribution in [1.29, 1.82) is 0 Å². The maximum atomic E-state index is 12.5. The van der Waals surface area contributed by atoms with E-state index in [1.54, 1.807) is 18.5 Å². The van der Waals surface area contributed by atoms with Crippen LogP contribution in [0.3, 0.4) is 0 Å². The second-order valence-corrected chi connectivity index (χ2v) is 9.32. The SMILES string of the molecule is FC(F)(F)Oc1cccc(CN2CCC3(CC2)CC(Cc2nc(-c4cccnc4)no2)CCO3)c1. The predicted octanol–water partition coefficient (Wildman–Crippen LogP) is 5.03. The molecule has 186 valence electrons. The lowest BCUT2D eigenvalue weighted by atomic mass is 9.78. The number of alkyl halides is 3. The third-order valence-corrected chi connectivity index (χ3v) is 6.75. The standard InChI is InChI=1S/C25H27F3N4O3/c26-25(27,28)34-21-5-1-3-19(13-21)17-32-10-7-24(8-11-32)15-18(6-12-33-24)14-22-30-23(31-35-22)20-4-2-9-29-16-20/h1-5,9,13,16,18H,6-8,10-12,14-15,17H2. The Hall–Kier alpha value is -2.98. The van der Waals surface area contributed by atoms with Crippen molar-refractivity contribution >= 4 is 0 Å². The number of piperidine rings is 1. The quantitative estimate of drug-likeness (QED) is 0.482. The molecule has 7 nitrogen and oxygen atoms in total. The first kappa shape index (κ1) is 23.7. The highest BCUT2D eigenvalue weighted by atomic mass is 19.4. The van der Waals surface area contributed by atoms with Gasteiger partial charge in [0.25, 0.3) is 0 Å². The molecule has 2 fully saturated rings. The summed E-state index contributed by atoms with van der Waals surface area (Å²) in [6.45, 7) is 2.92. The Balaban J connectivity index is 1.15. The molecular weight excluding hydrogens is 461 g/mol. The number of likely N-dealkylation sites (tertiary alicyclic amines) is 1. The summed E-state index contributed by atoms with van der Waals surface area (Å²) >= 11 is 0. The van der Waals surface area contributed by atoms with Gasteiger partial charge in [-0.2, -0.15) is 4.98 Å². The van der Waals surface area contributed by atoms with Crippen molar-refractivity contribution < 1.29 is 27.2 Å². The number of ether oxygens (including phenoxy) is 2. The van der Waals surface area contributed by atoms with Crippen LogP contribution in [0.5, 0.6) is 5.75 Å². The number of pyridine rings is 1. The van der Waals surface area contributed by atoms with Gasteiger partial charge in [-0.25, -0.2) is 0 Å². The minimum Gasteiger partial charge on any atom is -0.406 e. The van der Waals surface area contributed by atoms with Crippen molar-refractivity contribution in [2.45, 2.75) is 50.6 Å². The number of hydrogen-bond acceptors (Lipinski definition) is 7. The summed E-state index contributed by atoms with van der Waals surface area (Å²) in [5.74, 6) is 1.39. The molecule has 2 aromatic heterocycles. The first-order valence-corrected chi connectivity index (χ1v) is 11.8. The topological polar surface area (TPSA) is 73.5 Å². The molecule has 1 unspecified atom stereocenters. The van der Waals surface area contributed by atoms with Crippen molar-refractivity contribution in [3.63, 3.8) is 0 Å². The van der Waals surface area contributed by atoms with Crippen molar-refractivity contribution in [1.82, 2.24) is 20.0 Å². The molecule has 2 aliphatic heterocycles. The lowest BCUT2D eigenvalue weighted by molar-refractivity contribution is -0.274. The van der Waals surface area contributed by atoms with Gasteiger partial charge >= 0.3 is 6.36 Å². The van der Waals surface area contributed by atoms with Crippen LogP contribution in [-0.2, 0) is 17.7 Å². The van der Waals surface area contributed by atoms with Gasteiger partial charge in [0.15, 0.2) is 0 Å². The third kappa shape index (κ3) is 6.18. The van der Waals surface area contributed by atoms with Crippen LogP contribution in [-0.4, -0.2) is 51.7 Å². The zero-order valence-electron chi connectivity index (χ0n) is 19.2. The molecule has 2 saturated heterocycles. The van der Waals surface area contributed by atoms with Gasteiger partial charge in [-0.1, -0.05) is 17.3 Å². The first-order valence-electron chi connectivity index (χ1n) is 11.8. The number of nitrogens with zero attached hydrogens (tertiary/aromatic N) is 4. The van der Waals surface area contributed by atoms with Crippen LogP contribution in [0.15, 0.2) is 53.3 Å². The molecule has 3 aromatic rings. The molecule has 0 aliphatic carbocycles. The van der Waals surface area contributed by atoms with Gasteiger partial charge < -0.3 is 14.0 Å². The van der Waals surface area contributed by atoms with Gasteiger partial charge in [0.05, 0.1) is 5.60 Å². The Morgan fingerprint density at radius 3 is 2.77 bits per heavy atom. The van der Waals surface area contributed by atoms with Gasteiger partial charge in [0.1, 0.15) is 5.75 Å². The van der Waals surface area contributed by atoms with Crippen LogP contribution >= 0.6 is 0 Å². The molecule has 1 atom stereocenters. The number of benzene rings is 1. The number of halogens is 3. The summed E-state index contributed by atoms with van der Waals surface area (Å²) in [7, 11) is 0. The van der Waals surface area contributed by atoms with Crippen LogP contribution in [0.2, 0.25) is 0 Å². The molecule has 0 radical (unpaired) electrons. The molecule has 4 heterocycles. The van der Waals surface area contributed by atoms with Crippen molar-refractivity contribution in [2.75, 3.05) is 19.7 Å². The van der Waals surface area contributed by atoms with E-state index in [1.165, 1.54) is 12.1 Å². The Morgan fingerprint density at radius 2 is 2.00 bits per heavy atom. The monoisotopic (exact) mass is 488 g/mol. The Bertz CT molecular complexity index is 1110. The molecule has 35 heavy (non-hydrogen) atoms. The zero-order chi connectivity index (χ0) is 24.3. The predicted molar refractivity (Wildman–Crippen MR) is 120 cm³/mol. The van der Waals surface area contributed by atoms with E-state index in [1.807, 2.05) is 18.2 Å². The number of aromatic nitrogens is 3. The molecule has 1 aromatic carbocycles. The summed E-state index contributed by atoms with van der Waals surface area (Å²) in [5, 5.41) is 4.10. The Labute approximate surface area is 201 Å². The lowest BCUT2D eigenvalue weighted by Crippen LogP contribution is -2.49. The maximum absolute atomic E-state index is 12.5. The van der Waals surface area contributed by atoms with E-state index in [2.05, 4.69) is 24.8 Å². The largest absolute Gasteiger partial charge is 0.573 e. The smallest absolute Gasteiger partial charge is 0.406 e. The fourth-order valence-electron chi connectivity index (χ4n) is 5.07. The number of hydrogen-bond donors (Lipinski definition) is 0. The zero-order valence-corrected chi connectivity index (χ0v) is 19.2. The van der Waals surface area contributed by atoms with Crippen LogP contribution in [0, 0.1) is 5.92 Å². The minimum atomic E-state index is -4.69. The fraction of sp³-hybridized carbons (Fsp3) is 0.480. The average molecular weight is 489 g/mol. The molecule has 2 aliphatic rings. The second kappa shape index (κ2) is 9.94. The van der Waals surface area contributed by atoms with Gasteiger partial charge in [-0.3, -0.25) is 9.88 Å². The average Bonchev–Trinajstić information content (AvgIpc) is 3.29. The summed E-state index contributed by atoms with van der Waals surface area (Å²) in [5.41, 5.74) is 1.45. The third-order valence-electron chi connectivity index (χ3n) is 6.75. The van der Waals surface area contributed by atoms with Crippen LogP contribution in [0.4, 0.5) is 13.2 Å². The van der Waals surface area contributed by atoms with Gasteiger partial charge in [-0.15, -0.1) is 13.2 Å². The van der Waals surface area contributed by atoms with Gasteiger partial charge in [-0.05, 0) is 61.4 Å². The van der Waals surface area contributed by atoms with E-state index in [9.17, 15) is 13.2 Å². The highest BCUT2D eigenvalue weighted by Crippen LogP contribution is 2.39.